The number of nitrogens with zero attached hydrogens (tertiary/aromatic N) is 1. The van der Waals surface area contributed by atoms with Gasteiger partial charge in [-0.2, -0.15) is 0 Å². The number of hydrogen-bond acceptors (Lipinski definition) is 4. The van der Waals surface area contributed by atoms with Crippen molar-refractivity contribution in [2.75, 3.05) is 11.9 Å². The number of anilines is 1. The normalized spacial score (nSPS) is 14.3. The number of carbonyl (C=O) groups excluding carboxylic acids is 3. The molecule has 2 heterocycles. The molecule has 1 aliphatic rings. The summed E-state index contributed by atoms with van der Waals surface area (Å²) in [6.45, 7) is 0.133. The molecule has 1 aromatic carbocycles. The first-order chi connectivity index (χ1) is 11.1. The third-order valence-corrected chi connectivity index (χ3v) is 3.69. The van der Waals surface area contributed by atoms with E-state index in [1.807, 2.05) is 24.3 Å². The zero-order valence-corrected chi connectivity index (χ0v) is 12.5. The van der Waals surface area contributed by atoms with Crippen LogP contribution in [0.1, 0.15) is 19.3 Å². The van der Waals surface area contributed by atoms with Crippen LogP contribution in [0.15, 0.2) is 47.1 Å². The standard InChI is InChI=1S/C17H16N2O4/c20-15(9-10-19-16(21)7-8-17(19)22)18-13-5-3-12(4-6-13)14-2-1-11-23-14/h1-6,11H,7-10H2,(H,18,20). The summed E-state index contributed by atoms with van der Waals surface area (Å²) in [7, 11) is 0. The van der Waals surface area contributed by atoms with Gasteiger partial charge in [0.25, 0.3) is 0 Å². The van der Waals surface area contributed by atoms with E-state index in [1.54, 1.807) is 18.4 Å². The Balaban J connectivity index is 1.54. The quantitative estimate of drug-likeness (QED) is 0.860. The van der Waals surface area contributed by atoms with E-state index in [0.717, 1.165) is 16.2 Å². The van der Waals surface area contributed by atoms with Crippen molar-refractivity contribution in [1.82, 2.24) is 4.90 Å². The summed E-state index contributed by atoms with van der Waals surface area (Å²) in [4.78, 5) is 36.0. The smallest absolute Gasteiger partial charge is 0.229 e. The third kappa shape index (κ3) is 3.48. The predicted octanol–water partition coefficient (Wildman–Crippen LogP) is 2.42. The van der Waals surface area contributed by atoms with E-state index in [2.05, 4.69) is 5.32 Å². The molecule has 0 bridgehead atoms. The van der Waals surface area contributed by atoms with Crippen LogP contribution >= 0.6 is 0 Å². The van der Waals surface area contributed by atoms with E-state index in [1.165, 1.54) is 0 Å². The molecule has 0 saturated carbocycles. The summed E-state index contributed by atoms with van der Waals surface area (Å²) in [6.07, 6.45) is 2.19. The van der Waals surface area contributed by atoms with Gasteiger partial charge in [0.05, 0.1) is 6.26 Å². The molecule has 0 unspecified atom stereocenters. The minimum atomic E-state index is -0.233. The van der Waals surface area contributed by atoms with Gasteiger partial charge in [0.1, 0.15) is 5.76 Å². The average Bonchev–Trinajstić information content (AvgIpc) is 3.17. The lowest BCUT2D eigenvalue weighted by atomic mass is 10.1. The molecular weight excluding hydrogens is 296 g/mol. The third-order valence-electron chi connectivity index (χ3n) is 3.69. The first kappa shape index (κ1) is 15.0. The molecule has 3 rings (SSSR count). The molecule has 3 amide bonds. The maximum Gasteiger partial charge on any atom is 0.229 e. The minimum Gasteiger partial charge on any atom is -0.464 e. The second-order valence-corrected chi connectivity index (χ2v) is 5.29. The van der Waals surface area contributed by atoms with E-state index in [-0.39, 0.29) is 43.5 Å². The van der Waals surface area contributed by atoms with E-state index < -0.39 is 0 Å². The lowest BCUT2D eigenvalue weighted by Crippen LogP contribution is -2.32. The van der Waals surface area contributed by atoms with Crippen molar-refractivity contribution >= 4 is 23.4 Å². The summed E-state index contributed by atoms with van der Waals surface area (Å²) in [6, 6.07) is 10.9. The SMILES string of the molecule is O=C(CCN1C(=O)CCC1=O)Nc1ccc(-c2ccco2)cc1. The highest BCUT2D eigenvalue weighted by molar-refractivity contribution is 6.02. The monoisotopic (exact) mass is 312 g/mol. The van der Waals surface area contributed by atoms with Gasteiger partial charge in [0.15, 0.2) is 0 Å². The average molecular weight is 312 g/mol. The molecule has 0 aliphatic carbocycles. The topological polar surface area (TPSA) is 79.6 Å². The Morgan fingerprint density at radius 2 is 1.78 bits per heavy atom. The van der Waals surface area contributed by atoms with Gasteiger partial charge in [0.2, 0.25) is 17.7 Å². The summed E-state index contributed by atoms with van der Waals surface area (Å²) in [5.41, 5.74) is 1.57. The van der Waals surface area contributed by atoms with Crippen molar-refractivity contribution in [3.05, 3.63) is 42.7 Å². The van der Waals surface area contributed by atoms with E-state index in [4.69, 9.17) is 4.42 Å². The lowest BCUT2D eigenvalue weighted by Gasteiger charge is -2.13. The van der Waals surface area contributed by atoms with Crippen molar-refractivity contribution in [2.24, 2.45) is 0 Å². The van der Waals surface area contributed by atoms with E-state index in [0.29, 0.717) is 5.69 Å². The van der Waals surface area contributed by atoms with Crippen LogP contribution in [0.3, 0.4) is 0 Å². The van der Waals surface area contributed by atoms with Crippen molar-refractivity contribution in [2.45, 2.75) is 19.3 Å². The molecule has 1 N–H and O–H groups in total. The summed E-state index contributed by atoms with van der Waals surface area (Å²) >= 11 is 0. The van der Waals surface area contributed by atoms with Crippen LogP contribution in [0.25, 0.3) is 11.3 Å². The lowest BCUT2D eigenvalue weighted by molar-refractivity contribution is -0.138. The van der Waals surface area contributed by atoms with Gasteiger partial charge in [-0.05, 0) is 36.4 Å². The Morgan fingerprint density at radius 3 is 2.39 bits per heavy atom. The molecule has 6 heteroatoms. The largest absolute Gasteiger partial charge is 0.464 e. The molecule has 118 valence electrons. The van der Waals surface area contributed by atoms with Gasteiger partial charge in [-0.15, -0.1) is 0 Å². The Hall–Kier alpha value is -2.89. The molecular formula is C17H16N2O4. The number of furan rings is 1. The number of carbonyl (C=O) groups is 3. The maximum absolute atomic E-state index is 11.9. The van der Waals surface area contributed by atoms with Gasteiger partial charge in [-0.25, -0.2) is 0 Å². The molecule has 0 atom stereocenters. The fourth-order valence-electron chi connectivity index (χ4n) is 2.47. The highest BCUT2D eigenvalue weighted by Crippen LogP contribution is 2.21. The molecule has 0 radical (unpaired) electrons. The molecule has 1 aromatic heterocycles. The minimum absolute atomic E-state index is 0.0947. The molecule has 1 fully saturated rings. The Bertz CT molecular complexity index is 704. The summed E-state index contributed by atoms with van der Waals surface area (Å²) < 4.78 is 5.30. The molecule has 6 nitrogen and oxygen atoms in total. The summed E-state index contributed by atoms with van der Waals surface area (Å²) in [5.74, 6) is 0.119. The van der Waals surface area contributed by atoms with Crippen LogP contribution < -0.4 is 5.32 Å². The number of nitrogens with one attached hydrogen (secondary N) is 1. The Labute approximate surface area is 133 Å². The molecule has 1 aliphatic heterocycles. The number of hydrogen-bond donors (Lipinski definition) is 1. The molecule has 1 saturated heterocycles. The zero-order valence-electron chi connectivity index (χ0n) is 12.5. The maximum atomic E-state index is 11.9. The fraction of sp³-hybridized carbons (Fsp3) is 0.235. The van der Waals surface area contributed by atoms with E-state index in [9.17, 15) is 14.4 Å². The van der Waals surface area contributed by atoms with Crippen LogP contribution in [0.2, 0.25) is 0 Å². The van der Waals surface area contributed by atoms with Crippen LogP contribution in [0, 0.1) is 0 Å². The van der Waals surface area contributed by atoms with Gasteiger partial charge in [-0.3, -0.25) is 19.3 Å². The number of amides is 3. The second kappa shape index (κ2) is 6.48. The first-order valence-corrected chi connectivity index (χ1v) is 7.40. The molecule has 0 spiro atoms. The molecule has 23 heavy (non-hydrogen) atoms. The number of likely N-dealkylation sites (tertiary alicyclic amines) is 1. The summed E-state index contributed by atoms with van der Waals surface area (Å²) in [5, 5.41) is 2.75. The van der Waals surface area contributed by atoms with E-state index >= 15 is 0 Å². The fourth-order valence-corrected chi connectivity index (χ4v) is 2.47. The van der Waals surface area contributed by atoms with Crippen molar-refractivity contribution in [3.8, 4) is 11.3 Å². The van der Waals surface area contributed by atoms with Gasteiger partial charge >= 0.3 is 0 Å². The second-order valence-electron chi connectivity index (χ2n) is 5.29. The number of imide groups is 1. The Kier molecular flexibility index (Phi) is 4.23. The Morgan fingerprint density at radius 1 is 1.09 bits per heavy atom. The van der Waals surface area contributed by atoms with Gasteiger partial charge in [-0.1, -0.05) is 0 Å². The van der Waals surface area contributed by atoms with Crippen LogP contribution in [0.4, 0.5) is 5.69 Å². The highest BCUT2D eigenvalue weighted by Gasteiger charge is 2.28. The van der Waals surface area contributed by atoms with Crippen molar-refractivity contribution in [1.29, 1.82) is 0 Å². The van der Waals surface area contributed by atoms with Crippen LogP contribution in [-0.2, 0) is 14.4 Å². The number of benzene rings is 1. The first-order valence-electron chi connectivity index (χ1n) is 7.40. The molecule has 2 aromatic rings. The highest BCUT2D eigenvalue weighted by atomic mass is 16.3. The van der Waals surface area contributed by atoms with Crippen LogP contribution in [-0.4, -0.2) is 29.2 Å². The van der Waals surface area contributed by atoms with Crippen molar-refractivity contribution in [3.63, 3.8) is 0 Å². The zero-order chi connectivity index (χ0) is 16.2. The predicted molar refractivity (Wildman–Crippen MR) is 83.3 cm³/mol. The number of rotatable bonds is 5. The van der Waals surface area contributed by atoms with Gasteiger partial charge in [0, 0.05) is 37.1 Å². The van der Waals surface area contributed by atoms with Crippen LogP contribution in [0.5, 0.6) is 0 Å². The van der Waals surface area contributed by atoms with Gasteiger partial charge < -0.3 is 9.73 Å². The van der Waals surface area contributed by atoms with Crippen molar-refractivity contribution < 1.29 is 18.8 Å².